The van der Waals surface area contributed by atoms with Crippen LogP contribution in [0.15, 0.2) is 60.8 Å². The van der Waals surface area contributed by atoms with Crippen LogP contribution in [0.25, 0.3) is 0 Å². The van der Waals surface area contributed by atoms with E-state index in [1.54, 1.807) is 0 Å². The SMILES string of the molecule is CCCCC/C=C\C=C/CCCCCCCCC(=O)OCC(COC(=O)CCCCCCCCC/C=C\C/C=C\CCCCC)OC(=O)CCCCCCCCC/C=C\CCCCCCCC. The van der Waals surface area contributed by atoms with E-state index in [1.165, 1.54) is 173 Å². The number of carbonyl (C=O) groups excluding carboxylic acids is 3. The van der Waals surface area contributed by atoms with E-state index in [-0.39, 0.29) is 31.1 Å². The van der Waals surface area contributed by atoms with Crippen molar-refractivity contribution < 1.29 is 28.6 Å². The zero-order chi connectivity index (χ0) is 48.6. The van der Waals surface area contributed by atoms with Gasteiger partial charge in [0.25, 0.3) is 0 Å². The Morgan fingerprint density at radius 3 is 0.955 bits per heavy atom. The van der Waals surface area contributed by atoms with Gasteiger partial charge in [-0.25, -0.2) is 0 Å². The molecular weight excluding hydrogens is 829 g/mol. The van der Waals surface area contributed by atoms with Crippen molar-refractivity contribution >= 4 is 17.9 Å². The van der Waals surface area contributed by atoms with Crippen molar-refractivity contribution in [3.8, 4) is 0 Å². The first-order chi connectivity index (χ1) is 33.0. The van der Waals surface area contributed by atoms with Gasteiger partial charge in [-0.3, -0.25) is 14.4 Å². The second-order valence-electron chi connectivity index (χ2n) is 19.2. The highest BCUT2D eigenvalue weighted by Crippen LogP contribution is 2.15. The normalized spacial score (nSPS) is 12.5. The van der Waals surface area contributed by atoms with Gasteiger partial charge in [0.05, 0.1) is 0 Å². The van der Waals surface area contributed by atoms with Gasteiger partial charge in [0, 0.05) is 19.3 Å². The lowest BCUT2D eigenvalue weighted by Gasteiger charge is -2.18. The quantitative estimate of drug-likeness (QED) is 0.0199. The Morgan fingerprint density at radius 1 is 0.313 bits per heavy atom. The van der Waals surface area contributed by atoms with Crippen LogP contribution in [0.4, 0.5) is 0 Å². The minimum atomic E-state index is -0.785. The molecule has 0 spiro atoms. The molecule has 0 bridgehead atoms. The van der Waals surface area contributed by atoms with Gasteiger partial charge in [-0.05, 0) is 103 Å². The molecule has 6 nitrogen and oxygen atoms in total. The molecule has 67 heavy (non-hydrogen) atoms. The molecule has 0 heterocycles. The number of hydrogen-bond acceptors (Lipinski definition) is 6. The van der Waals surface area contributed by atoms with Crippen LogP contribution < -0.4 is 0 Å². The summed E-state index contributed by atoms with van der Waals surface area (Å²) in [6.45, 7) is 6.58. The zero-order valence-corrected chi connectivity index (χ0v) is 44.4. The number of allylic oxidation sites excluding steroid dienone is 10. The molecule has 0 saturated carbocycles. The average Bonchev–Trinajstić information content (AvgIpc) is 3.33. The van der Waals surface area contributed by atoms with Gasteiger partial charge >= 0.3 is 17.9 Å². The highest BCUT2D eigenvalue weighted by Gasteiger charge is 2.19. The molecule has 0 aromatic heterocycles. The lowest BCUT2D eigenvalue weighted by Crippen LogP contribution is -2.30. The summed E-state index contributed by atoms with van der Waals surface area (Å²) < 4.78 is 16.9. The smallest absolute Gasteiger partial charge is 0.306 e. The maximum Gasteiger partial charge on any atom is 0.306 e. The Hall–Kier alpha value is -2.89. The maximum absolute atomic E-state index is 12.9. The van der Waals surface area contributed by atoms with Crippen LogP contribution in [0.5, 0.6) is 0 Å². The van der Waals surface area contributed by atoms with Crippen molar-refractivity contribution in [2.45, 2.75) is 297 Å². The molecule has 0 aliphatic carbocycles. The minimum absolute atomic E-state index is 0.0831. The van der Waals surface area contributed by atoms with Gasteiger partial charge in [-0.2, -0.15) is 0 Å². The van der Waals surface area contributed by atoms with Crippen molar-refractivity contribution in [1.29, 1.82) is 0 Å². The van der Waals surface area contributed by atoms with Crippen molar-refractivity contribution in [2.24, 2.45) is 0 Å². The molecule has 0 N–H and O–H groups in total. The number of rotatable bonds is 52. The molecule has 0 rings (SSSR count). The van der Waals surface area contributed by atoms with E-state index in [1.807, 2.05) is 0 Å². The number of hydrogen-bond donors (Lipinski definition) is 0. The highest BCUT2D eigenvalue weighted by molar-refractivity contribution is 5.71. The number of esters is 3. The molecule has 0 aliphatic heterocycles. The van der Waals surface area contributed by atoms with Gasteiger partial charge < -0.3 is 14.2 Å². The lowest BCUT2D eigenvalue weighted by molar-refractivity contribution is -0.167. The molecule has 0 amide bonds. The zero-order valence-electron chi connectivity index (χ0n) is 44.4. The van der Waals surface area contributed by atoms with Gasteiger partial charge in [0.2, 0.25) is 0 Å². The van der Waals surface area contributed by atoms with Crippen LogP contribution in [0.2, 0.25) is 0 Å². The highest BCUT2D eigenvalue weighted by atomic mass is 16.6. The first kappa shape index (κ1) is 64.1. The van der Waals surface area contributed by atoms with E-state index < -0.39 is 6.10 Å². The molecule has 0 fully saturated rings. The Bertz CT molecular complexity index is 1210. The van der Waals surface area contributed by atoms with Gasteiger partial charge in [0.1, 0.15) is 13.2 Å². The Balaban J connectivity index is 4.40. The second kappa shape index (κ2) is 55.7. The Labute approximate surface area is 415 Å². The third-order valence-corrected chi connectivity index (χ3v) is 12.5. The fourth-order valence-corrected chi connectivity index (χ4v) is 8.11. The van der Waals surface area contributed by atoms with Crippen LogP contribution in [0.3, 0.4) is 0 Å². The number of ether oxygens (including phenoxy) is 3. The Morgan fingerprint density at radius 2 is 0.582 bits per heavy atom. The molecule has 1 unspecified atom stereocenters. The molecule has 6 heteroatoms. The van der Waals surface area contributed by atoms with E-state index in [4.69, 9.17) is 14.2 Å². The lowest BCUT2D eigenvalue weighted by atomic mass is 10.1. The maximum atomic E-state index is 12.9. The summed E-state index contributed by atoms with van der Waals surface area (Å²) in [5.74, 6) is -0.896. The van der Waals surface area contributed by atoms with Crippen molar-refractivity contribution in [3.05, 3.63) is 60.8 Å². The van der Waals surface area contributed by atoms with Crippen molar-refractivity contribution in [2.75, 3.05) is 13.2 Å². The fourth-order valence-electron chi connectivity index (χ4n) is 8.11. The Kier molecular flexibility index (Phi) is 53.3. The van der Waals surface area contributed by atoms with E-state index in [9.17, 15) is 14.4 Å². The van der Waals surface area contributed by atoms with Crippen LogP contribution in [-0.4, -0.2) is 37.2 Å². The molecule has 1 atom stereocenters. The summed E-state index contributed by atoms with van der Waals surface area (Å²) in [5.41, 5.74) is 0. The van der Waals surface area contributed by atoms with E-state index >= 15 is 0 Å². The van der Waals surface area contributed by atoms with E-state index in [0.29, 0.717) is 19.3 Å². The first-order valence-corrected chi connectivity index (χ1v) is 28.8. The molecule has 0 radical (unpaired) electrons. The first-order valence-electron chi connectivity index (χ1n) is 28.8. The van der Waals surface area contributed by atoms with Crippen LogP contribution in [0.1, 0.15) is 290 Å². The number of unbranched alkanes of at least 4 members (excludes halogenated alkanes) is 32. The predicted octanol–water partition coefficient (Wildman–Crippen LogP) is 19.2. The molecule has 0 saturated heterocycles. The summed E-state index contributed by atoms with van der Waals surface area (Å²) in [4.78, 5) is 38.2. The molecule has 388 valence electrons. The third-order valence-electron chi connectivity index (χ3n) is 12.5. The fraction of sp³-hybridized carbons (Fsp3) is 0.787. The predicted molar refractivity (Wildman–Crippen MR) is 288 cm³/mol. The summed E-state index contributed by atoms with van der Waals surface area (Å²) >= 11 is 0. The standard InChI is InChI=1S/C61H108O6/c1-4-7-10-13-16-19-22-25-28-30-33-36-39-42-45-48-51-54-60(63)66-57-58(56-65-59(62)53-50-47-44-41-38-35-32-27-24-21-18-15-12-9-6-3)67-61(64)55-52-49-46-43-40-37-34-31-29-26-23-20-17-14-11-8-5-2/h16,18-19,21,24-29,58H,4-15,17,20,22-23,30-57H2,1-3H3/b19-16-,21-18-,27-24-,28-25-,29-26-. The summed E-state index contributed by atoms with van der Waals surface area (Å²) in [6, 6.07) is 0. The topological polar surface area (TPSA) is 78.9 Å². The van der Waals surface area contributed by atoms with Crippen molar-refractivity contribution in [1.82, 2.24) is 0 Å². The second-order valence-corrected chi connectivity index (χ2v) is 19.2. The molecule has 0 aromatic rings. The summed E-state index contributed by atoms with van der Waals surface area (Å²) in [6.07, 6.45) is 69.1. The number of carbonyl (C=O) groups is 3. The van der Waals surface area contributed by atoms with Gasteiger partial charge in [0.15, 0.2) is 6.10 Å². The third kappa shape index (κ3) is 53.9. The average molecular weight is 938 g/mol. The van der Waals surface area contributed by atoms with Gasteiger partial charge in [-0.15, -0.1) is 0 Å². The largest absolute Gasteiger partial charge is 0.462 e. The van der Waals surface area contributed by atoms with Crippen LogP contribution in [0, 0.1) is 0 Å². The van der Waals surface area contributed by atoms with E-state index in [2.05, 4.69) is 81.5 Å². The monoisotopic (exact) mass is 937 g/mol. The van der Waals surface area contributed by atoms with Crippen LogP contribution in [-0.2, 0) is 28.6 Å². The summed E-state index contributed by atoms with van der Waals surface area (Å²) in [7, 11) is 0. The van der Waals surface area contributed by atoms with Gasteiger partial charge in [-0.1, -0.05) is 229 Å². The summed E-state index contributed by atoms with van der Waals surface area (Å²) in [5, 5.41) is 0. The molecular formula is C61H108O6. The van der Waals surface area contributed by atoms with Crippen molar-refractivity contribution in [3.63, 3.8) is 0 Å². The molecule has 0 aliphatic rings. The minimum Gasteiger partial charge on any atom is -0.462 e. The van der Waals surface area contributed by atoms with Crippen LogP contribution >= 0.6 is 0 Å². The van der Waals surface area contributed by atoms with E-state index in [0.717, 1.165) is 77.0 Å². The molecule has 0 aromatic carbocycles.